The van der Waals surface area contributed by atoms with E-state index >= 15 is 0 Å². The van der Waals surface area contributed by atoms with E-state index in [1.807, 2.05) is 18.2 Å². The van der Waals surface area contributed by atoms with Crippen LogP contribution in [0.1, 0.15) is 26.3 Å². The number of benzene rings is 1. The van der Waals surface area contributed by atoms with Gasteiger partial charge in [0.15, 0.2) is 5.78 Å². The van der Waals surface area contributed by atoms with Crippen LogP contribution in [0.15, 0.2) is 18.2 Å². The van der Waals surface area contributed by atoms with Gasteiger partial charge in [-0.05, 0) is 23.6 Å². The van der Waals surface area contributed by atoms with Crippen molar-refractivity contribution in [3.05, 3.63) is 23.8 Å². The van der Waals surface area contributed by atoms with E-state index in [2.05, 4.69) is 20.8 Å². The molecule has 0 spiro atoms. The number of Topliss-reactive ketones (excluding diaryl/α,β-unsaturated/α-hetero) is 1. The predicted octanol–water partition coefficient (Wildman–Crippen LogP) is 2.59. The van der Waals surface area contributed by atoms with Crippen molar-refractivity contribution in [2.75, 3.05) is 27.4 Å². The zero-order chi connectivity index (χ0) is 14.5. The van der Waals surface area contributed by atoms with Gasteiger partial charge in [0.1, 0.15) is 24.7 Å². The smallest absolute Gasteiger partial charge is 0.195 e. The van der Waals surface area contributed by atoms with E-state index in [4.69, 9.17) is 14.2 Å². The van der Waals surface area contributed by atoms with Gasteiger partial charge in [-0.15, -0.1) is 0 Å². The molecule has 106 valence electrons. The van der Waals surface area contributed by atoms with Crippen LogP contribution < -0.4 is 9.47 Å². The first-order valence-corrected chi connectivity index (χ1v) is 6.20. The van der Waals surface area contributed by atoms with E-state index in [1.165, 1.54) is 7.11 Å². The second kappa shape index (κ2) is 6.57. The number of carbonyl (C=O) groups is 1. The molecular weight excluding hydrogens is 244 g/mol. The molecule has 0 unspecified atom stereocenters. The first-order valence-electron chi connectivity index (χ1n) is 6.20. The van der Waals surface area contributed by atoms with Crippen LogP contribution >= 0.6 is 0 Å². The van der Waals surface area contributed by atoms with Gasteiger partial charge in [0.2, 0.25) is 0 Å². The summed E-state index contributed by atoms with van der Waals surface area (Å²) in [5.41, 5.74) is 0.922. The summed E-state index contributed by atoms with van der Waals surface area (Å²) < 4.78 is 15.6. The fourth-order valence-corrected chi connectivity index (χ4v) is 1.71. The molecule has 0 aromatic heterocycles. The van der Waals surface area contributed by atoms with Gasteiger partial charge in [-0.1, -0.05) is 20.8 Å². The van der Waals surface area contributed by atoms with Crippen LogP contribution in [0.4, 0.5) is 0 Å². The zero-order valence-corrected chi connectivity index (χ0v) is 12.3. The molecule has 4 nitrogen and oxygen atoms in total. The van der Waals surface area contributed by atoms with Gasteiger partial charge in [-0.2, -0.15) is 0 Å². The number of carbonyl (C=O) groups excluding carboxylic acids is 1. The fraction of sp³-hybridized carbons (Fsp3) is 0.533. The van der Waals surface area contributed by atoms with E-state index in [1.54, 1.807) is 7.11 Å². The predicted molar refractivity (Wildman–Crippen MR) is 74.1 cm³/mol. The van der Waals surface area contributed by atoms with Crippen molar-refractivity contribution in [2.45, 2.75) is 26.2 Å². The molecular formula is C15H22O4. The third-order valence-corrected chi connectivity index (χ3v) is 2.69. The molecule has 0 saturated carbocycles. The Morgan fingerprint density at radius 2 is 1.84 bits per heavy atom. The summed E-state index contributed by atoms with van der Waals surface area (Å²) in [6, 6.07) is 5.60. The van der Waals surface area contributed by atoms with Crippen LogP contribution in [-0.2, 0) is 14.9 Å². The summed E-state index contributed by atoms with van der Waals surface area (Å²) in [6.07, 6.45) is 0. The van der Waals surface area contributed by atoms with Gasteiger partial charge >= 0.3 is 0 Å². The lowest BCUT2D eigenvalue weighted by Crippen LogP contribution is -2.19. The molecule has 1 rings (SSSR count). The molecule has 0 heterocycles. The lowest BCUT2D eigenvalue weighted by atomic mass is 9.86. The molecule has 0 amide bonds. The van der Waals surface area contributed by atoms with E-state index in [0.717, 1.165) is 11.3 Å². The molecule has 0 N–H and O–H groups in total. The van der Waals surface area contributed by atoms with Gasteiger partial charge in [-0.3, -0.25) is 4.79 Å². The molecule has 4 heteroatoms. The van der Waals surface area contributed by atoms with Crippen LogP contribution in [0.2, 0.25) is 0 Å². The molecule has 0 radical (unpaired) electrons. The highest BCUT2D eigenvalue weighted by molar-refractivity contribution is 5.81. The van der Waals surface area contributed by atoms with Gasteiger partial charge in [0.05, 0.1) is 7.11 Å². The number of rotatable bonds is 6. The molecule has 0 saturated heterocycles. The van der Waals surface area contributed by atoms with Crippen LogP contribution in [0.25, 0.3) is 0 Å². The maximum Gasteiger partial charge on any atom is 0.195 e. The number of hydrogen-bond acceptors (Lipinski definition) is 4. The van der Waals surface area contributed by atoms with Gasteiger partial charge in [0, 0.05) is 12.7 Å². The maximum absolute atomic E-state index is 11.4. The molecule has 0 bridgehead atoms. The first kappa shape index (κ1) is 15.5. The van der Waals surface area contributed by atoms with E-state index in [9.17, 15) is 4.79 Å². The van der Waals surface area contributed by atoms with Gasteiger partial charge in [0.25, 0.3) is 0 Å². The third-order valence-electron chi connectivity index (χ3n) is 2.69. The minimum atomic E-state index is -0.0891. The average Bonchev–Trinajstić information content (AvgIpc) is 2.35. The van der Waals surface area contributed by atoms with Crippen LogP contribution in [0.5, 0.6) is 11.5 Å². The highest BCUT2D eigenvalue weighted by atomic mass is 16.5. The van der Waals surface area contributed by atoms with Crippen molar-refractivity contribution < 1.29 is 19.0 Å². The number of ketones is 1. The Morgan fingerprint density at radius 3 is 2.37 bits per heavy atom. The quantitative estimate of drug-likeness (QED) is 0.794. The zero-order valence-electron chi connectivity index (χ0n) is 12.3. The Labute approximate surface area is 114 Å². The van der Waals surface area contributed by atoms with Crippen molar-refractivity contribution in [3.63, 3.8) is 0 Å². The standard InChI is InChI=1S/C15H22O4/c1-15(2,3)13-8-12(18-5)6-7-14(13)19-10-11(16)9-17-4/h6-8H,9-10H2,1-5H3. The van der Waals surface area contributed by atoms with Crippen molar-refractivity contribution in [1.82, 2.24) is 0 Å². The van der Waals surface area contributed by atoms with E-state index < -0.39 is 0 Å². The molecule has 1 aromatic rings. The van der Waals surface area contributed by atoms with E-state index in [-0.39, 0.29) is 24.4 Å². The summed E-state index contributed by atoms with van der Waals surface area (Å²) in [5.74, 6) is 1.40. The lowest BCUT2D eigenvalue weighted by Gasteiger charge is -2.23. The molecule has 19 heavy (non-hydrogen) atoms. The van der Waals surface area contributed by atoms with Crippen molar-refractivity contribution in [3.8, 4) is 11.5 Å². The largest absolute Gasteiger partial charge is 0.497 e. The molecule has 0 aliphatic heterocycles. The summed E-state index contributed by atoms with van der Waals surface area (Å²) in [7, 11) is 3.12. The Bertz CT molecular complexity index is 432. The summed E-state index contributed by atoms with van der Waals surface area (Å²) in [5, 5.41) is 0. The summed E-state index contributed by atoms with van der Waals surface area (Å²) in [6.45, 7) is 6.35. The van der Waals surface area contributed by atoms with Gasteiger partial charge < -0.3 is 14.2 Å². The van der Waals surface area contributed by atoms with E-state index in [0.29, 0.717) is 5.75 Å². The molecule has 0 aliphatic carbocycles. The molecule has 0 fully saturated rings. The molecule has 0 atom stereocenters. The van der Waals surface area contributed by atoms with Crippen molar-refractivity contribution in [2.24, 2.45) is 0 Å². The first-order chi connectivity index (χ1) is 8.88. The minimum Gasteiger partial charge on any atom is -0.497 e. The van der Waals surface area contributed by atoms with Crippen LogP contribution in [-0.4, -0.2) is 33.2 Å². The lowest BCUT2D eigenvalue weighted by molar-refractivity contribution is -0.124. The van der Waals surface area contributed by atoms with Crippen LogP contribution in [0, 0.1) is 0 Å². The number of ether oxygens (including phenoxy) is 3. The normalized spacial score (nSPS) is 11.2. The molecule has 0 aliphatic rings. The summed E-state index contributed by atoms with van der Waals surface area (Å²) in [4.78, 5) is 11.4. The van der Waals surface area contributed by atoms with Crippen molar-refractivity contribution >= 4 is 5.78 Å². The second-order valence-electron chi connectivity index (χ2n) is 5.37. The summed E-state index contributed by atoms with van der Waals surface area (Å²) >= 11 is 0. The highest BCUT2D eigenvalue weighted by Gasteiger charge is 2.20. The monoisotopic (exact) mass is 266 g/mol. The maximum atomic E-state index is 11.4. The van der Waals surface area contributed by atoms with Crippen LogP contribution in [0.3, 0.4) is 0 Å². The topological polar surface area (TPSA) is 44.8 Å². The third kappa shape index (κ3) is 4.56. The molecule has 1 aromatic carbocycles. The Hall–Kier alpha value is -1.55. The van der Waals surface area contributed by atoms with Gasteiger partial charge in [-0.25, -0.2) is 0 Å². The Kier molecular flexibility index (Phi) is 5.36. The Balaban J connectivity index is 2.91. The fourth-order valence-electron chi connectivity index (χ4n) is 1.71. The number of hydrogen-bond donors (Lipinski definition) is 0. The average molecular weight is 266 g/mol. The highest BCUT2D eigenvalue weighted by Crippen LogP contribution is 2.34. The number of methoxy groups -OCH3 is 2. The minimum absolute atomic E-state index is 0.0171. The second-order valence-corrected chi connectivity index (χ2v) is 5.37. The van der Waals surface area contributed by atoms with Crippen molar-refractivity contribution in [1.29, 1.82) is 0 Å². The SMILES string of the molecule is COCC(=O)COc1ccc(OC)cc1C(C)(C)C. The Morgan fingerprint density at radius 1 is 1.16 bits per heavy atom.